The predicted molar refractivity (Wildman–Crippen MR) is 95.7 cm³/mol. The molecule has 1 aliphatic rings. The van der Waals surface area contributed by atoms with E-state index in [9.17, 15) is 9.18 Å². The monoisotopic (exact) mass is 327 g/mol. The Balaban J connectivity index is 1.57. The number of aryl methyl sites for hydroxylation is 1. The van der Waals surface area contributed by atoms with Crippen molar-refractivity contribution < 1.29 is 9.18 Å². The van der Waals surface area contributed by atoms with Crippen molar-refractivity contribution in [1.82, 2.24) is 0 Å². The number of nitrogens with one attached hydrogen (secondary N) is 1. The molecule has 0 atom stereocenters. The van der Waals surface area contributed by atoms with Gasteiger partial charge in [-0.25, -0.2) is 4.39 Å². The zero-order chi connectivity index (χ0) is 16.9. The summed E-state index contributed by atoms with van der Waals surface area (Å²) in [5, 5.41) is 2.60. The Morgan fingerprint density at radius 3 is 2.62 bits per heavy atom. The zero-order valence-corrected chi connectivity index (χ0v) is 13.6. The number of para-hydroxylation sites is 1. The largest absolute Gasteiger partial charge is 0.397 e. The molecule has 2 aromatic rings. The highest BCUT2D eigenvalue weighted by Crippen LogP contribution is 2.28. The van der Waals surface area contributed by atoms with Crippen LogP contribution in [0.5, 0.6) is 0 Å². The van der Waals surface area contributed by atoms with E-state index in [1.807, 2.05) is 18.2 Å². The summed E-state index contributed by atoms with van der Waals surface area (Å²) in [5.74, 6) is -0.632. The number of hydrogen-bond donors (Lipinski definition) is 2. The van der Waals surface area contributed by atoms with E-state index in [1.165, 1.54) is 18.9 Å². The van der Waals surface area contributed by atoms with Crippen LogP contribution >= 0.6 is 0 Å². The highest BCUT2D eigenvalue weighted by Gasteiger charge is 2.15. The number of rotatable bonds is 5. The van der Waals surface area contributed by atoms with Gasteiger partial charge in [-0.1, -0.05) is 18.2 Å². The van der Waals surface area contributed by atoms with Crippen molar-refractivity contribution in [3.05, 3.63) is 53.8 Å². The Bertz CT molecular complexity index is 726. The first-order valence-corrected chi connectivity index (χ1v) is 8.31. The standard InChI is InChI=1S/C19H22FN3O/c20-15-5-1-2-6-17(15)22-19(24)10-8-14-7-9-18(16(21)13-14)23-11-3-4-12-23/h1-2,5-7,9,13H,3-4,8,10-12,21H2,(H,22,24). The lowest BCUT2D eigenvalue weighted by atomic mass is 10.1. The summed E-state index contributed by atoms with van der Waals surface area (Å²) in [6.07, 6.45) is 3.27. The van der Waals surface area contributed by atoms with Crippen molar-refractivity contribution in [2.75, 3.05) is 29.0 Å². The molecule has 0 radical (unpaired) electrons. The predicted octanol–water partition coefficient (Wildman–Crippen LogP) is 3.58. The number of anilines is 3. The summed E-state index contributed by atoms with van der Waals surface area (Å²) in [6, 6.07) is 12.1. The van der Waals surface area contributed by atoms with Gasteiger partial charge in [0.1, 0.15) is 5.82 Å². The molecule has 0 aliphatic carbocycles. The molecule has 4 nitrogen and oxygen atoms in total. The van der Waals surface area contributed by atoms with Gasteiger partial charge in [0.25, 0.3) is 0 Å². The van der Waals surface area contributed by atoms with Crippen molar-refractivity contribution in [3.8, 4) is 0 Å². The van der Waals surface area contributed by atoms with Crippen molar-refractivity contribution in [3.63, 3.8) is 0 Å². The zero-order valence-electron chi connectivity index (χ0n) is 13.6. The molecule has 1 fully saturated rings. The van der Waals surface area contributed by atoms with Gasteiger partial charge in [-0.15, -0.1) is 0 Å². The van der Waals surface area contributed by atoms with Crippen LogP contribution in [0.4, 0.5) is 21.5 Å². The molecule has 0 saturated carbocycles. The van der Waals surface area contributed by atoms with Gasteiger partial charge >= 0.3 is 0 Å². The summed E-state index contributed by atoms with van der Waals surface area (Å²) < 4.78 is 13.5. The molecule has 0 spiro atoms. The molecule has 5 heteroatoms. The summed E-state index contributed by atoms with van der Waals surface area (Å²) in [6.45, 7) is 2.10. The molecule has 1 aliphatic heterocycles. The molecular weight excluding hydrogens is 305 g/mol. The second kappa shape index (κ2) is 7.34. The minimum Gasteiger partial charge on any atom is -0.397 e. The highest BCUT2D eigenvalue weighted by atomic mass is 19.1. The Hall–Kier alpha value is -2.56. The highest BCUT2D eigenvalue weighted by molar-refractivity contribution is 5.91. The molecule has 3 N–H and O–H groups in total. The second-order valence-corrected chi connectivity index (χ2v) is 6.12. The first-order valence-electron chi connectivity index (χ1n) is 8.31. The second-order valence-electron chi connectivity index (χ2n) is 6.12. The average Bonchev–Trinajstić information content (AvgIpc) is 3.09. The van der Waals surface area contributed by atoms with Gasteiger partial charge in [-0.3, -0.25) is 4.79 Å². The van der Waals surface area contributed by atoms with E-state index in [2.05, 4.69) is 10.2 Å². The molecule has 2 aromatic carbocycles. The average molecular weight is 327 g/mol. The van der Waals surface area contributed by atoms with Crippen molar-refractivity contribution in [1.29, 1.82) is 0 Å². The Morgan fingerprint density at radius 2 is 1.92 bits per heavy atom. The first-order chi connectivity index (χ1) is 11.6. The Kier molecular flexibility index (Phi) is 4.99. The molecule has 24 heavy (non-hydrogen) atoms. The van der Waals surface area contributed by atoms with Gasteiger partial charge < -0.3 is 16.0 Å². The first kappa shape index (κ1) is 16.3. The fourth-order valence-electron chi connectivity index (χ4n) is 3.04. The lowest BCUT2D eigenvalue weighted by molar-refractivity contribution is -0.116. The normalized spacial score (nSPS) is 14.0. The van der Waals surface area contributed by atoms with Crippen LogP contribution in [0.3, 0.4) is 0 Å². The number of nitrogens with zero attached hydrogens (tertiary/aromatic N) is 1. The third-order valence-corrected chi connectivity index (χ3v) is 4.33. The maximum absolute atomic E-state index is 13.5. The summed E-state index contributed by atoms with van der Waals surface area (Å²) in [4.78, 5) is 14.3. The lowest BCUT2D eigenvalue weighted by Crippen LogP contribution is -2.19. The van der Waals surface area contributed by atoms with Crippen LogP contribution in [0.25, 0.3) is 0 Å². The summed E-state index contributed by atoms with van der Waals surface area (Å²) in [5.41, 5.74) is 9.22. The van der Waals surface area contributed by atoms with E-state index in [-0.39, 0.29) is 18.0 Å². The van der Waals surface area contributed by atoms with Crippen LogP contribution in [-0.4, -0.2) is 19.0 Å². The van der Waals surface area contributed by atoms with Crippen LogP contribution in [0, 0.1) is 5.82 Å². The van der Waals surface area contributed by atoms with Gasteiger partial charge in [-0.2, -0.15) is 0 Å². The Morgan fingerprint density at radius 1 is 1.17 bits per heavy atom. The maximum Gasteiger partial charge on any atom is 0.224 e. The number of amides is 1. The van der Waals surface area contributed by atoms with Gasteiger partial charge in [0.2, 0.25) is 5.91 Å². The number of hydrogen-bond acceptors (Lipinski definition) is 3. The van der Waals surface area contributed by atoms with Gasteiger partial charge in [0, 0.05) is 19.5 Å². The van der Waals surface area contributed by atoms with E-state index in [0.29, 0.717) is 6.42 Å². The van der Waals surface area contributed by atoms with Crippen molar-refractivity contribution in [2.45, 2.75) is 25.7 Å². The molecule has 3 rings (SSSR count). The topological polar surface area (TPSA) is 58.4 Å². The van der Waals surface area contributed by atoms with Crippen LogP contribution in [0.1, 0.15) is 24.8 Å². The molecular formula is C19H22FN3O. The molecule has 0 unspecified atom stereocenters. The summed E-state index contributed by atoms with van der Waals surface area (Å²) in [7, 11) is 0. The van der Waals surface area contributed by atoms with E-state index < -0.39 is 5.82 Å². The minimum absolute atomic E-state index is 0.206. The minimum atomic E-state index is -0.426. The molecule has 0 aromatic heterocycles. The van der Waals surface area contributed by atoms with Crippen LogP contribution < -0.4 is 16.0 Å². The van der Waals surface area contributed by atoms with Gasteiger partial charge in [-0.05, 0) is 49.1 Å². The van der Waals surface area contributed by atoms with Crippen LogP contribution in [0.15, 0.2) is 42.5 Å². The number of benzene rings is 2. The molecule has 1 saturated heterocycles. The third kappa shape index (κ3) is 3.85. The van der Waals surface area contributed by atoms with E-state index in [4.69, 9.17) is 5.73 Å². The van der Waals surface area contributed by atoms with Gasteiger partial charge in [0.15, 0.2) is 0 Å². The molecule has 1 heterocycles. The molecule has 1 amide bonds. The number of nitrogens with two attached hydrogens (primary N) is 1. The van der Waals surface area contributed by atoms with E-state index in [1.54, 1.807) is 18.2 Å². The lowest BCUT2D eigenvalue weighted by Gasteiger charge is -2.20. The smallest absolute Gasteiger partial charge is 0.224 e. The quantitative estimate of drug-likeness (QED) is 0.825. The fraction of sp³-hybridized carbons (Fsp3) is 0.316. The SMILES string of the molecule is Nc1cc(CCC(=O)Nc2ccccc2F)ccc1N1CCCC1. The van der Waals surface area contributed by atoms with Crippen molar-refractivity contribution >= 4 is 23.0 Å². The third-order valence-electron chi connectivity index (χ3n) is 4.33. The van der Waals surface area contributed by atoms with E-state index in [0.717, 1.165) is 30.0 Å². The van der Waals surface area contributed by atoms with Crippen LogP contribution in [-0.2, 0) is 11.2 Å². The number of nitrogen functional groups attached to an aromatic ring is 1. The molecule has 0 bridgehead atoms. The number of halogens is 1. The number of carbonyl (C=O) groups is 1. The van der Waals surface area contributed by atoms with Crippen LogP contribution in [0.2, 0.25) is 0 Å². The number of carbonyl (C=O) groups excluding carboxylic acids is 1. The maximum atomic E-state index is 13.5. The molecule has 126 valence electrons. The van der Waals surface area contributed by atoms with Crippen molar-refractivity contribution in [2.24, 2.45) is 0 Å². The van der Waals surface area contributed by atoms with Gasteiger partial charge in [0.05, 0.1) is 17.1 Å². The summed E-state index contributed by atoms with van der Waals surface area (Å²) >= 11 is 0. The van der Waals surface area contributed by atoms with E-state index >= 15 is 0 Å². The Labute approximate surface area is 141 Å². The fourth-order valence-corrected chi connectivity index (χ4v) is 3.04.